The SMILES string of the molecule is COc1ccc(NC(C(=O)O)c2ccc(Br)cc2Cl)cc1. The maximum absolute atomic E-state index is 11.5. The minimum absolute atomic E-state index is 0.387. The molecule has 0 bridgehead atoms. The molecule has 0 fully saturated rings. The van der Waals surface area contributed by atoms with Gasteiger partial charge in [0.2, 0.25) is 0 Å². The molecule has 0 aliphatic heterocycles. The van der Waals surface area contributed by atoms with Gasteiger partial charge in [0.1, 0.15) is 5.75 Å². The van der Waals surface area contributed by atoms with Gasteiger partial charge in [-0.1, -0.05) is 33.6 Å². The van der Waals surface area contributed by atoms with Crippen molar-refractivity contribution in [3.05, 3.63) is 57.5 Å². The van der Waals surface area contributed by atoms with Crippen LogP contribution in [0.15, 0.2) is 46.9 Å². The maximum Gasteiger partial charge on any atom is 0.330 e. The zero-order valence-electron chi connectivity index (χ0n) is 11.1. The molecule has 2 aromatic rings. The van der Waals surface area contributed by atoms with E-state index in [4.69, 9.17) is 16.3 Å². The average molecular weight is 371 g/mol. The molecule has 2 rings (SSSR count). The molecule has 0 aromatic heterocycles. The van der Waals surface area contributed by atoms with E-state index in [1.165, 1.54) is 0 Å². The number of rotatable bonds is 5. The van der Waals surface area contributed by atoms with Gasteiger partial charge in [0.25, 0.3) is 0 Å². The highest BCUT2D eigenvalue weighted by atomic mass is 79.9. The summed E-state index contributed by atoms with van der Waals surface area (Å²) in [5, 5.41) is 12.8. The Balaban J connectivity index is 2.28. The molecule has 0 heterocycles. The Labute approximate surface area is 135 Å². The second kappa shape index (κ2) is 6.83. The largest absolute Gasteiger partial charge is 0.497 e. The molecule has 4 nitrogen and oxygen atoms in total. The molecule has 2 N–H and O–H groups in total. The third-order valence-corrected chi connectivity index (χ3v) is 3.74. The van der Waals surface area contributed by atoms with Crippen molar-refractivity contribution in [2.24, 2.45) is 0 Å². The predicted octanol–water partition coefficient (Wildman–Crippen LogP) is 4.35. The predicted molar refractivity (Wildman–Crippen MR) is 86.1 cm³/mol. The Bertz CT molecular complexity index is 646. The van der Waals surface area contributed by atoms with Crippen LogP contribution in [0.4, 0.5) is 5.69 Å². The molecule has 0 saturated carbocycles. The lowest BCUT2D eigenvalue weighted by Gasteiger charge is -2.18. The van der Waals surface area contributed by atoms with Crippen LogP contribution < -0.4 is 10.1 Å². The first-order valence-electron chi connectivity index (χ1n) is 6.09. The molecule has 0 amide bonds. The van der Waals surface area contributed by atoms with E-state index in [-0.39, 0.29) is 0 Å². The van der Waals surface area contributed by atoms with Gasteiger partial charge in [-0.15, -0.1) is 0 Å². The second-order valence-electron chi connectivity index (χ2n) is 4.31. The molecule has 1 atom stereocenters. The Morgan fingerprint density at radius 2 is 1.95 bits per heavy atom. The second-order valence-corrected chi connectivity index (χ2v) is 5.63. The van der Waals surface area contributed by atoms with Gasteiger partial charge in [-0.2, -0.15) is 0 Å². The monoisotopic (exact) mass is 369 g/mol. The zero-order valence-corrected chi connectivity index (χ0v) is 13.5. The highest BCUT2D eigenvalue weighted by Gasteiger charge is 2.22. The number of halogens is 2. The van der Waals surface area contributed by atoms with Crippen molar-refractivity contribution in [3.8, 4) is 5.75 Å². The number of carboxylic acids is 1. The van der Waals surface area contributed by atoms with Gasteiger partial charge in [-0.3, -0.25) is 0 Å². The summed E-state index contributed by atoms with van der Waals surface area (Å²) in [5.41, 5.74) is 1.17. The fourth-order valence-electron chi connectivity index (χ4n) is 1.86. The van der Waals surface area contributed by atoms with Crippen LogP contribution in [0.2, 0.25) is 5.02 Å². The van der Waals surface area contributed by atoms with E-state index in [9.17, 15) is 9.90 Å². The topological polar surface area (TPSA) is 58.6 Å². The number of ether oxygens (including phenoxy) is 1. The molecule has 21 heavy (non-hydrogen) atoms. The third-order valence-electron chi connectivity index (χ3n) is 2.92. The van der Waals surface area contributed by atoms with E-state index >= 15 is 0 Å². The average Bonchev–Trinajstić information content (AvgIpc) is 2.46. The molecule has 2 aromatic carbocycles. The van der Waals surface area contributed by atoms with Gasteiger partial charge in [-0.25, -0.2) is 4.79 Å². The first-order chi connectivity index (χ1) is 10.0. The van der Waals surface area contributed by atoms with Crippen LogP contribution in [0.1, 0.15) is 11.6 Å². The van der Waals surface area contributed by atoms with Crippen molar-refractivity contribution in [1.82, 2.24) is 0 Å². The Morgan fingerprint density at radius 3 is 2.48 bits per heavy atom. The molecule has 0 radical (unpaired) electrons. The van der Waals surface area contributed by atoms with E-state index in [1.807, 2.05) is 0 Å². The van der Waals surface area contributed by atoms with E-state index in [0.29, 0.717) is 22.0 Å². The van der Waals surface area contributed by atoms with Gasteiger partial charge in [0, 0.05) is 20.7 Å². The van der Waals surface area contributed by atoms with Crippen molar-refractivity contribution in [1.29, 1.82) is 0 Å². The summed E-state index contributed by atoms with van der Waals surface area (Å²) in [7, 11) is 1.57. The minimum atomic E-state index is -1.00. The van der Waals surface area contributed by atoms with Crippen molar-refractivity contribution in [3.63, 3.8) is 0 Å². The molecular weight excluding hydrogens is 358 g/mol. The molecular formula is C15H13BrClNO3. The van der Waals surface area contributed by atoms with Crippen molar-refractivity contribution in [2.45, 2.75) is 6.04 Å². The Kier molecular flexibility index (Phi) is 5.09. The number of carbonyl (C=O) groups is 1. The number of nitrogens with one attached hydrogen (secondary N) is 1. The third kappa shape index (κ3) is 3.89. The number of aliphatic carboxylic acids is 1. The van der Waals surface area contributed by atoms with Crippen LogP contribution >= 0.6 is 27.5 Å². The first kappa shape index (κ1) is 15.7. The molecule has 110 valence electrons. The van der Waals surface area contributed by atoms with Crippen LogP contribution in [0.3, 0.4) is 0 Å². The molecule has 0 spiro atoms. The van der Waals surface area contributed by atoms with E-state index < -0.39 is 12.0 Å². The molecule has 0 aliphatic rings. The van der Waals surface area contributed by atoms with Crippen LogP contribution in [0.25, 0.3) is 0 Å². The van der Waals surface area contributed by atoms with E-state index in [0.717, 1.165) is 4.47 Å². The smallest absolute Gasteiger partial charge is 0.330 e. The fraction of sp³-hybridized carbons (Fsp3) is 0.133. The standard InChI is InChI=1S/C15H13BrClNO3/c1-21-11-5-3-10(4-6-11)18-14(15(19)20)12-7-2-9(16)8-13(12)17/h2-8,14,18H,1H3,(H,19,20). The molecule has 0 saturated heterocycles. The Hall–Kier alpha value is -1.72. The lowest BCUT2D eigenvalue weighted by molar-refractivity contribution is -0.138. The van der Waals surface area contributed by atoms with Gasteiger partial charge < -0.3 is 15.2 Å². The summed E-state index contributed by atoms with van der Waals surface area (Å²) in [6.45, 7) is 0. The number of methoxy groups -OCH3 is 1. The van der Waals surface area contributed by atoms with Crippen LogP contribution in [-0.4, -0.2) is 18.2 Å². The Morgan fingerprint density at radius 1 is 1.29 bits per heavy atom. The van der Waals surface area contributed by atoms with Gasteiger partial charge in [0.05, 0.1) is 7.11 Å². The van der Waals surface area contributed by atoms with Gasteiger partial charge >= 0.3 is 5.97 Å². The number of carboxylic acid groups (broad SMARTS) is 1. The summed E-state index contributed by atoms with van der Waals surface area (Å²) in [6.07, 6.45) is 0. The minimum Gasteiger partial charge on any atom is -0.497 e. The molecule has 1 unspecified atom stereocenters. The quantitative estimate of drug-likeness (QED) is 0.821. The van der Waals surface area contributed by atoms with Gasteiger partial charge in [0.15, 0.2) is 6.04 Å². The normalized spacial score (nSPS) is 11.8. The van der Waals surface area contributed by atoms with Crippen molar-refractivity contribution in [2.75, 3.05) is 12.4 Å². The lowest BCUT2D eigenvalue weighted by atomic mass is 10.1. The number of benzene rings is 2. The van der Waals surface area contributed by atoms with Crippen molar-refractivity contribution >= 4 is 39.2 Å². The van der Waals surface area contributed by atoms with Crippen LogP contribution in [0.5, 0.6) is 5.75 Å². The highest BCUT2D eigenvalue weighted by molar-refractivity contribution is 9.10. The number of hydrogen-bond donors (Lipinski definition) is 2. The van der Waals surface area contributed by atoms with E-state index in [2.05, 4.69) is 21.2 Å². The summed E-state index contributed by atoms with van der Waals surface area (Å²) in [5.74, 6) is -0.302. The van der Waals surface area contributed by atoms with E-state index in [1.54, 1.807) is 49.6 Å². The fourth-order valence-corrected chi connectivity index (χ4v) is 2.64. The lowest BCUT2D eigenvalue weighted by Crippen LogP contribution is -2.20. The summed E-state index contributed by atoms with van der Waals surface area (Å²) >= 11 is 9.43. The summed E-state index contributed by atoms with van der Waals surface area (Å²) in [4.78, 5) is 11.5. The summed E-state index contributed by atoms with van der Waals surface area (Å²) in [6, 6.07) is 11.2. The summed E-state index contributed by atoms with van der Waals surface area (Å²) < 4.78 is 5.86. The first-order valence-corrected chi connectivity index (χ1v) is 7.26. The van der Waals surface area contributed by atoms with Crippen LogP contribution in [-0.2, 0) is 4.79 Å². The number of anilines is 1. The number of hydrogen-bond acceptors (Lipinski definition) is 3. The maximum atomic E-state index is 11.5. The van der Waals surface area contributed by atoms with Crippen molar-refractivity contribution < 1.29 is 14.6 Å². The molecule has 0 aliphatic carbocycles. The van der Waals surface area contributed by atoms with Crippen LogP contribution in [0, 0.1) is 0 Å². The zero-order chi connectivity index (χ0) is 15.4. The van der Waals surface area contributed by atoms with Gasteiger partial charge in [-0.05, 0) is 36.4 Å². The highest BCUT2D eigenvalue weighted by Crippen LogP contribution is 2.29. The molecule has 6 heteroatoms.